The molecular weight excluding hydrogens is 180 g/mol. The highest BCUT2D eigenvalue weighted by Gasteiger charge is 2.30. The van der Waals surface area contributed by atoms with Gasteiger partial charge in [0.25, 0.3) is 0 Å². The predicted octanol–water partition coefficient (Wildman–Crippen LogP) is 0.391. The number of nitrogens with one attached hydrogen (secondary N) is 1. The standard InChI is InChI=1S/C10H20N2O2/c1-3-9(10(13)14)12-5-4-8(7-12)6-11-2/h8-9,11H,3-7H2,1-2H3,(H,13,14). The van der Waals surface area contributed by atoms with Crippen molar-refractivity contribution in [2.75, 3.05) is 26.7 Å². The van der Waals surface area contributed by atoms with E-state index in [1.807, 2.05) is 14.0 Å². The lowest BCUT2D eigenvalue weighted by atomic mass is 10.1. The summed E-state index contributed by atoms with van der Waals surface area (Å²) in [6.07, 6.45) is 1.81. The lowest BCUT2D eigenvalue weighted by Gasteiger charge is -2.22. The van der Waals surface area contributed by atoms with E-state index in [0.29, 0.717) is 12.3 Å². The van der Waals surface area contributed by atoms with Crippen LogP contribution in [0.2, 0.25) is 0 Å². The molecule has 2 atom stereocenters. The van der Waals surface area contributed by atoms with Gasteiger partial charge in [-0.1, -0.05) is 6.92 Å². The quantitative estimate of drug-likeness (QED) is 0.674. The molecule has 0 saturated carbocycles. The van der Waals surface area contributed by atoms with Crippen molar-refractivity contribution >= 4 is 5.97 Å². The third-order valence-electron chi connectivity index (χ3n) is 2.92. The summed E-state index contributed by atoms with van der Waals surface area (Å²) in [6.45, 7) is 4.78. The first-order valence-corrected chi connectivity index (χ1v) is 5.30. The number of carbonyl (C=O) groups is 1. The molecule has 0 spiro atoms. The summed E-state index contributed by atoms with van der Waals surface area (Å²) in [7, 11) is 1.94. The Labute approximate surface area is 85.3 Å². The van der Waals surface area contributed by atoms with Gasteiger partial charge in [-0.05, 0) is 38.9 Å². The maximum atomic E-state index is 10.9. The molecule has 1 rings (SSSR count). The molecule has 2 N–H and O–H groups in total. The van der Waals surface area contributed by atoms with Crippen LogP contribution >= 0.6 is 0 Å². The van der Waals surface area contributed by atoms with Gasteiger partial charge in [-0.15, -0.1) is 0 Å². The Balaban J connectivity index is 2.43. The van der Waals surface area contributed by atoms with Crippen molar-refractivity contribution in [1.82, 2.24) is 10.2 Å². The van der Waals surface area contributed by atoms with E-state index >= 15 is 0 Å². The van der Waals surface area contributed by atoms with E-state index in [-0.39, 0.29) is 6.04 Å². The SMILES string of the molecule is CCC(C(=O)O)N1CCC(CNC)C1. The largest absolute Gasteiger partial charge is 0.480 e. The molecule has 4 heteroatoms. The number of carboxylic acid groups (broad SMARTS) is 1. The third kappa shape index (κ3) is 2.69. The molecule has 0 aromatic carbocycles. The molecule has 0 aliphatic carbocycles. The number of likely N-dealkylation sites (tertiary alicyclic amines) is 1. The van der Waals surface area contributed by atoms with Crippen molar-refractivity contribution in [1.29, 1.82) is 0 Å². The average molecular weight is 200 g/mol. The lowest BCUT2D eigenvalue weighted by Crippen LogP contribution is -2.39. The summed E-state index contributed by atoms with van der Waals surface area (Å²) in [5.41, 5.74) is 0. The first-order valence-electron chi connectivity index (χ1n) is 5.30. The molecule has 4 nitrogen and oxygen atoms in total. The van der Waals surface area contributed by atoms with Crippen LogP contribution in [-0.4, -0.2) is 48.7 Å². The van der Waals surface area contributed by atoms with Crippen LogP contribution in [0, 0.1) is 5.92 Å². The molecule has 1 heterocycles. The number of carboxylic acids is 1. The average Bonchev–Trinajstić information content (AvgIpc) is 2.54. The van der Waals surface area contributed by atoms with Crippen molar-refractivity contribution < 1.29 is 9.90 Å². The van der Waals surface area contributed by atoms with E-state index in [1.165, 1.54) is 0 Å². The van der Waals surface area contributed by atoms with Crippen LogP contribution in [-0.2, 0) is 4.79 Å². The van der Waals surface area contributed by atoms with E-state index in [4.69, 9.17) is 5.11 Å². The van der Waals surface area contributed by atoms with Crippen molar-refractivity contribution in [3.8, 4) is 0 Å². The Morgan fingerprint density at radius 2 is 2.43 bits per heavy atom. The maximum Gasteiger partial charge on any atom is 0.320 e. The molecule has 14 heavy (non-hydrogen) atoms. The van der Waals surface area contributed by atoms with E-state index in [9.17, 15) is 4.79 Å². The van der Waals surface area contributed by atoms with Crippen LogP contribution in [0.5, 0.6) is 0 Å². The minimum absolute atomic E-state index is 0.281. The van der Waals surface area contributed by atoms with Gasteiger partial charge in [-0.2, -0.15) is 0 Å². The summed E-state index contributed by atoms with van der Waals surface area (Å²) < 4.78 is 0. The van der Waals surface area contributed by atoms with E-state index in [2.05, 4.69) is 10.2 Å². The van der Waals surface area contributed by atoms with Crippen molar-refractivity contribution in [2.45, 2.75) is 25.8 Å². The Morgan fingerprint density at radius 3 is 2.93 bits per heavy atom. The smallest absolute Gasteiger partial charge is 0.320 e. The van der Waals surface area contributed by atoms with Crippen molar-refractivity contribution in [2.24, 2.45) is 5.92 Å². The molecule has 0 aromatic heterocycles. The number of hydrogen-bond acceptors (Lipinski definition) is 3. The number of rotatable bonds is 5. The molecule has 2 unspecified atom stereocenters. The third-order valence-corrected chi connectivity index (χ3v) is 2.92. The second-order valence-corrected chi connectivity index (χ2v) is 3.97. The van der Waals surface area contributed by atoms with Gasteiger partial charge in [0.2, 0.25) is 0 Å². The van der Waals surface area contributed by atoms with E-state index in [0.717, 1.165) is 26.1 Å². The summed E-state index contributed by atoms with van der Waals surface area (Å²) in [5.74, 6) is -0.0639. The predicted molar refractivity (Wildman–Crippen MR) is 55.3 cm³/mol. The minimum atomic E-state index is -0.683. The van der Waals surface area contributed by atoms with Crippen LogP contribution in [0.15, 0.2) is 0 Å². The second kappa shape index (κ2) is 5.32. The van der Waals surface area contributed by atoms with Gasteiger partial charge in [-0.3, -0.25) is 9.69 Å². The maximum absolute atomic E-state index is 10.9. The summed E-state index contributed by atoms with van der Waals surface area (Å²) in [4.78, 5) is 13.0. The first kappa shape index (κ1) is 11.5. The fraction of sp³-hybridized carbons (Fsp3) is 0.900. The van der Waals surface area contributed by atoms with Gasteiger partial charge < -0.3 is 10.4 Å². The number of hydrogen-bond donors (Lipinski definition) is 2. The molecule has 1 saturated heterocycles. The van der Waals surface area contributed by atoms with Crippen LogP contribution in [0.3, 0.4) is 0 Å². The second-order valence-electron chi connectivity index (χ2n) is 3.97. The molecule has 0 radical (unpaired) electrons. The van der Waals surface area contributed by atoms with Gasteiger partial charge in [0, 0.05) is 6.54 Å². The summed E-state index contributed by atoms with van der Waals surface area (Å²) in [5, 5.41) is 12.1. The number of nitrogens with zero attached hydrogens (tertiary/aromatic N) is 1. The molecule has 82 valence electrons. The zero-order chi connectivity index (χ0) is 10.6. The molecule has 1 aliphatic heterocycles. The topological polar surface area (TPSA) is 52.6 Å². The fourth-order valence-corrected chi connectivity index (χ4v) is 2.19. The minimum Gasteiger partial charge on any atom is -0.480 e. The Bertz CT molecular complexity index is 197. The summed E-state index contributed by atoms with van der Waals surface area (Å²) in [6, 6.07) is -0.281. The van der Waals surface area contributed by atoms with Gasteiger partial charge in [-0.25, -0.2) is 0 Å². The molecule has 1 aliphatic rings. The fourth-order valence-electron chi connectivity index (χ4n) is 2.19. The van der Waals surface area contributed by atoms with Crippen LogP contribution < -0.4 is 5.32 Å². The molecule has 0 amide bonds. The zero-order valence-electron chi connectivity index (χ0n) is 8.99. The molecule has 1 fully saturated rings. The van der Waals surface area contributed by atoms with Gasteiger partial charge in [0.15, 0.2) is 0 Å². The highest BCUT2D eigenvalue weighted by atomic mass is 16.4. The highest BCUT2D eigenvalue weighted by Crippen LogP contribution is 2.19. The van der Waals surface area contributed by atoms with Crippen molar-refractivity contribution in [3.63, 3.8) is 0 Å². The first-order chi connectivity index (χ1) is 6.69. The van der Waals surface area contributed by atoms with E-state index < -0.39 is 5.97 Å². The van der Waals surface area contributed by atoms with Gasteiger partial charge >= 0.3 is 5.97 Å². The van der Waals surface area contributed by atoms with Crippen LogP contribution in [0.25, 0.3) is 0 Å². The van der Waals surface area contributed by atoms with Gasteiger partial charge in [0.1, 0.15) is 6.04 Å². The van der Waals surface area contributed by atoms with E-state index in [1.54, 1.807) is 0 Å². The van der Waals surface area contributed by atoms with Crippen molar-refractivity contribution in [3.05, 3.63) is 0 Å². The Kier molecular flexibility index (Phi) is 4.35. The molecule has 0 bridgehead atoms. The normalized spacial score (nSPS) is 25.1. The highest BCUT2D eigenvalue weighted by molar-refractivity contribution is 5.73. The van der Waals surface area contributed by atoms with Crippen LogP contribution in [0.4, 0.5) is 0 Å². The molecule has 0 aromatic rings. The lowest BCUT2D eigenvalue weighted by molar-refractivity contribution is -0.143. The van der Waals surface area contributed by atoms with Crippen LogP contribution in [0.1, 0.15) is 19.8 Å². The number of aliphatic carboxylic acids is 1. The van der Waals surface area contributed by atoms with Gasteiger partial charge in [0.05, 0.1) is 0 Å². The Morgan fingerprint density at radius 1 is 1.71 bits per heavy atom. The monoisotopic (exact) mass is 200 g/mol. The molecular formula is C10H20N2O2. The summed E-state index contributed by atoms with van der Waals surface area (Å²) >= 11 is 0. The Hall–Kier alpha value is -0.610. The zero-order valence-corrected chi connectivity index (χ0v) is 8.99.